The number of aromatic amines is 1. The van der Waals surface area contributed by atoms with Gasteiger partial charge in [0.05, 0.1) is 16.9 Å². The van der Waals surface area contributed by atoms with Crippen LogP contribution in [0.4, 0.5) is 16.2 Å². The number of anilines is 2. The maximum Gasteiger partial charge on any atom is 0.419 e. The van der Waals surface area contributed by atoms with Crippen LogP contribution in [0.5, 0.6) is 5.75 Å². The molecule has 8 nitrogen and oxygen atoms in total. The first kappa shape index (κ1) is 22.0. The molecule has 2 aromatic carbocycles. The van der Waals surface area contributed by atoms with Gasteiger partial charge in [0.25, 0.3) is 5.91 Å². The molecule has 0 radical (unpaired) electrons. The number of pyridine rings is 1. The van der Waals surface area contributed by atoms with Gasteiger partial charge in [0.1, 0.15) is 5.65 Å². The highest BCUT2D eigenvalue weighted by molar-refractivity contribution is 6.39. The molecule has 0 aliphatic rings. The minimum Gasteiger partial charge on any atom is -0.408 e. The Balaban J connectivity index is 1.63. The third-order valence-electron chi connectivity index (χ3n) is 4.96. The fourth-order valence-corrected chi connectivity index (χ4v) is 3.37. The number of rotatable bonds is 5. The summed E-state index contributed by atoms with van der Waals surface area (Å²) in [6.45, 7) is 1.21. The van der Waals surface area contributed by atoms with E-state index < -0.39 is 17.8 Å². The first-order valence-corrected chi connectivity index (χ1v) is 10.3. The maximum atomic E-state index is 12.6. The van der Waals surface area contributed by atoms with Gasteiger partial charge < -0.3 is 15.0 Å². The summed E-state index contributed by atoms with van der Waals surface area (Å²) in [6.07, 6.45) is 2.73. The second-order valence-corrected chi connectivity index (χ2v) is 7.65. The Morgan fingerprint density at radius 1 is 1.09 bits per heavy atom. The lowest BCUT2D eigenvalue weighted by Crippen LogP contribution is -2.29. The molecule has 0 aliphatic heterocycles. The van der Waals surface area contributed by atoms with Gasteiger partial charge in [-0.15, -0.1) is 0 Å². The zero-order valence-electron chi connectivity index (χ0n) is 17.8. The van der Waals surface area contributed by atoms with Crippen molar-refractivity contribution in [2.24, 2.45) is 0 Å². The van der Waals surface area contributed by atoms with E-state index in [1.54, 1.807) is 61.9 Å². The third-order valence-corrected chi connectivity index (χ3v) is 5.28. The molecule has 0 fully saturated rings. The SMILES string of the molecule is CC(=O)C(=O)Nc1cccc(-c2c[nH]c3ncc(N(C)C(=O)Oc4ccccc4Cl)cc23)c1. The molecule has 9 heteroatoms. The number of halogens is 1. The number of ether oxygens (including phenoxy) is 1. The van der Waals surface area contributed by atoms with E-state index in [1.807, 2.05) is 12.1 Å². The molecule has 2 N–H and O–H groups in total. The lowest BCUT2D eigenvalue weighted by atomic mass is 10.0. The van der Waals surface area contributed by atoms with Gasteiger partial charge >= 0.3 is 6.09 Å². The van der Waals surface area contributed by atoms with E-state index >= 15 is 0 Å². The highest BCUT2D eigenvalue weighted by Crippen LogP contribution is 2.32. The van der Waals surface area contributed by atoms with E-state index in [0.29, 0.717) is 22.0 Å². The Kier molecular flexibility index (Phi) is 6.10. The Labute approximate surface area is 194 Å². The number of hydrogen-bond donors (Lipinski definition) is 2. The minimum atomic E-state index is -0.686. The van der Waals surface area contributed by atoms with Crippen LogP contribution in [-0.2, 0) is 9.59 Å². The van der Waals surface area contributed by atoms with E-state index in [1.165, 1.54) is 11.8 Å². The Morgan fingerprint density at radius 2 is 1.88 bits per heavy atom. The van der Waals surface area contributed by atoms with Gasteiger partial charge in [-0.25, -0.2) is 9.78 Å². The van der Waals surface area contributed by atoms with Crippen LogP contribution in [0.1, 0.15) is 6.92 Å². The van der Waals surface area contributed by atoms with Crippen LogP contribution in [0.3, 0.4) is 0 Å². The van der Waals surface area contributed by atoms with Crippen molar-refractivity contribution in [2.75, 3.05) is 17.3 Å². The summed E-state index contributed by atoms with van der Waals surface area (Å²) in [5, 5.41) is 3.66. The molecule has 0 saturated carbocycles. The van der Waals surface area contributed by atoms with Gasteiger partial charge in [-0.05, 0) is 35.9 Å². The molecule has 33 heavy (non-hydrogen) atoms. The van der Waals surface area contributed by atoms with Crippen LogP contribution in [0.25, 0.3) is 22.2 Å². The van der Waals surface area contributed by atoms with E-state index in [9.17, 15) is 14.4 Å². The number of nitrogens with zero attached hydrogens (tertiary/aromatic N) is 2. The lowest BCUT2D eigenvalue weighted by molar-refractivity contribution is -0.133. The van der Waals surface area contributed by atoms with Crippen molar-refractivity contribution in [3.63, 3.8) is 0 Å². The first-order valence-electron chi connectivity index (χ1n) is 9.93. The average Bonchev–Trinajstić information content (AvgIpc) is 3.23. The molecule has 2 amide bonds. The van der Waals surface area contributed by atoms with E-state index in [2.05, 4.69) is 15.3 Å². The van der Waals surface area contributed by atoms with E-state index in [4.69, 9.17) is 16.3 Å². The van der Waals surface area contributed by atoms with Gasteiger partial charge in [-0.3, -0.25) is 14.5 Å². The fraction of sp³-hybridized carbons (Fsp3) is 0.0833. The van der Waals surface area contributed by atoms with Crippen molar-refractivity contribution in [1.82, 2.24) is 9.97 Å². The number of carbonyl (C=O) groups excluding carboxylic acids is 3. The zero-order chi connectivity index (χ0) is 23.5. The molecule has 4 aromatic rings. The molecule has 0 spiro atoms. The van der Waals surface area contributed by atoms with Gasteiger partial charge in [0.15, 0.2) is 5.75 Å². The zero-order valence-corrected chi connectivity index (χ0v) is 18.5. The van der Waals surface area contributed by atoms with Crippen molar-refractivity contribution in [2.45, 2.75) is 6.92 Å². The van der Waals surface area contributed by atoms with Crippen LogP contribution in [-0.4, -0.2) is 34.8 Å². The minimum absolute atomic E-state index is 0.261. The van der Waals surface area contributed by atoms with Crippen molar-refractivity contribution in [1.29, 1.82) is 0 Å². The summed E-state index contributed by atoms with van der Waals surface area (Å²) in [7, 11) is 1.58. The molecular weight excluding hydrogens is 444 g/mol. The predicted octanol–water partition coefficient (Wildman–Crippen LogP) is 5.05. The van der Waals surface area contributed by atoms with Crippen LogP contribution in [0.15, 0.2) is 67.0 Å². The smallest absolute Gasteiger partial charge is 0.408 e. The van der Waals surface area contributed by atoms with E-state index in [0.717, 1.165) is 16.5 Å². The molecule has 2 aromatic heterocycles. The van der Waals surface area contributed by atoms with Crippen molar-refractivity contribution >= 4 is 51.8 Å². The summed E-state index contributed by atoms with van der Waals surface area (Å²) in [5.74, 6) is -1.00. The van der Waals surface area contributed by atoms with E-state index in [-0.39, 0.29) is 5.75 Å². The standard InChI is InChI=1S/C24H19ClN4O4/c1-14(30)23(31)28-16-7-5-6-15(10-16)19-13-27-22-18(19)11-17(12-26-22)29(2)24(32)33-21-9-4-3-8-20(21)25/h3-13H,1-2H3,(H,26,27)(H,28,31). The third kappa shape index (κ3) is 4.70. The van der Waals surface area contributed by atoms with Gasteiger partial charge in [-0.2, -0.15) is 0 Å². The largest absolute Gasteiger partial charge is 0.419 e. The van der Waals surface area contributed by atoms with Crippen LogP contribution in [0.2, 0.25) is 5.02 Å². The fourth-order valence-electron chi connectivity index (χ4n) is 3.19. The van der Waals surface area contributed by atoms with Gasteiger partial charge in [-0.1, -0.05) is 35.9 Å². The molecular formula is C24H19ClN4O4. The second kappa shape index (κ2) is 9.13. The van der Waals surface area contributed by atoms with Crippen LogP contribution in [0, 0.1) is 0 Å². The average molecular weight is 463 g/mol. The van der Waals surface area contributed by atoms with Crippen molar-refractivity contribution in [3.8, 4) is 16.9 Å². The number of aromatic nitrogens is 2. The summed E-state index contributed by atoms with van der Waals surface area (Å²) < 4.78 is 5.39. The normalized spacial score (nSPS) is 10.6. The van der Waals surface area contributed by atoms with Gasteiger partial charge in [0.2, 0.25) is 5.78 Å². The summed E-state index contributed by atoms with van der Waals surface area (Å²) in [5.41, 5.74) is 3.24. The summed E-state index contributed by atoms with van der Waals surface area (Å²) >= 11 is 6.08. The Bertz CT molecular complexity index is 1380. The molecule has 4 rings (SSSR count). The predicted molar refractivity (Wildman–Crippen MR) is 127 cm³/mol. The summed E-state index contributed by atoms with van der Waals surface area (Å²) in [4.78, 5) is 44.5. The van der Waals surface area contributed by atoms with Crippen molar-refractivity contribution in [3.05, 3.63) is 72.0 Å². The maximum absolute atomic E-state index is 12.6. The number of amides is 2. The number of H-pyrrole nitrogens is 1. The number of carbonyl (C=O) groups is 3. The van der Waals surface area contributed by atoms with Crippen LogP contribution < -0.4 is 15.0 Å². The highest BCUT2D eigenvalue weighted by Gasteiger charge is 2.17. The summed E-state index contributed by atoms with van der Waals surface area (Å²) in [6, 6.07) is 15.6. The molecule has 0 bridgehead atoms. The molecule has 0 atom stereocenters. The number of Topliss-reactive ketones (excluding diaryl/α,β-unsaturated/α-hetero) is 1. The number of para-hydroxylation sites is 1. The van der Waals surface area contributed by atoms with Crippen LogP contribution >= 0.6 is 11.6 Å². The second-order valence-electron chi connectivity index (χ2n) is 7.24. The molecule has 0 aliphatic carbocycles. The monoisotopic (exact) mass is 462 g/mol. The molecule has 0 unspecified atom stereocenters. The molecule has 166 valence electrons. The van der Waals surface area contributed by atoms with Gasteiger partial charge in [0, 0.05) is 36.8 Å². The molecule has 0 saturated heterocycles. The number of hydrogen-bond acceptors (Lipinski definition) is 5. The highest BCUT2D eigenvalue weighted by atomic mass is 35.5. The topological polar surface area (TPSA) is 104 Å². The number of fused-ring (bicyclic) bond motifs is 1. The lowest BCUT2D eigenvalue weighted by Gasteiger charge is -2.17. The molecule has 2 heterocycles. The Hall–Kier alpha value is -4.17. The quantitative estimate of drug-likeness (QED) is 0.404. The first-order chi connectivity index (χ1) is 15.8. The number of benzene rings is 2. The van der Waals surface area contributed by atoms with Crippen molar-refractivity contribution < 1.29 is 19.1 Å². The number of ketones is 1. The Morgan fingerprint density at radius 3 is 2.64 bits per heavy atom. The number of nitrogens with one attached hydrogen (secondary N) is 2.